The minimum Gasteiger partial charge on any atom is -0.477 e. The smallest absolute Gasteiger partial charge is 0.353 e. The SMILES string of the molecule is O=C(O)c1cccn1S(=O)(=O)c1ccc(NNC(=S)NC(c2ccccc2)c2ccccc2)c([N+](=O)[O-])c1. The first kappa shape index (κ1) is 26.3. The van der Waals surface area contributed by atoms with Crippen molar-refractivity contribution in [3.8, 4) is 0 Å². The highest BCUT2D eigenvalue weighted by molar-refractivity contribution is 7.90. The number of benzene rings is 3. The molecule has 4 N–H and O–H groups in total. The normalized spacial score (nSPS) is 11.1. The van der Waals surface area contributed by atoms with E-state index in [4.69, 9.17) is 12.2 Å². The number of rotatable bonds is 9. The summed E-state index contributed by atoms with van der Waals surface area (Å²) in [7, 11) is -4.41. The number of carboxylic acids is 1. The van der Waals surface area contributed by atoms with Crippen molar-refractivity contribution in [3.63, 3.8) is 0 Å². The van der Waals surface area contributed by atoms with Gasteiger partial charge in [0.1, 0.15) is 11.4 Å². The predicted molar refractivity (Wildman–Crippen MR) is 144 cm³/mol. The van der Waals surface area contributed by atoms with Crippen molar-refractivity contribution >= 4 is 44.7 Å². The highest BCUT2D eigenvalue weighted by atomic mass is 32.2. The summed E-state index contributed by atoms with van der Waals surface area (Å²) in [4.78, 5) is 21.9. The van der Waals surface area contributed by atoms with E-state index in [1.165, 1.54) is 12.1 Å². The molecule has 0 unspecified atom stereocenters. The van der Waals surface area contributed by atoms with Gasteiger partial charge in [-0.1, -0.05) is 60.7 Å². The van der Waals surface area contributed by atoms with E-state index in [0.717, 1.165) is 35.5 Å². The third-order valence-electron chi connectivity index (χ3n) is 5.51. The summed E-state index contributed by atoms with van der Waals surface area (Å²) in [5.74, 6) is -1.46. The molecular weight excluding hydrogens is 530 g/mol. The van der Waals surface area contributed by atoms with Gasteiger partial charge in [-0.3, -0.25) is 21.0 Å². The van der Waals surface area contributed by atoms with Crippen molar-refractivity contribution in [1.82, 2.24) is 14.7 Å². The summed E-state index contributed by atoms with van der Waals surface area (Å²) < 4.78 is 26.5. The quantitative estimate of drug-likeness (QED) is 0.137. The molecular formula is C25H21N5O6S2. The molecule has 0 aliphatic heterocycles. The molecule has 4 aromatic rings. The molecule has 0 spiro atoms. The first-order valence-electron chi connectivity index (χ1n) is 11.1. The number of aromatic carboxylic acids is 1. The second-order valence-electron chi connectivity index (χ2n) is 7.91. The number of nitro groups is 1. The maximum absolute atomic E-state index is 13.0. The van der Waals surface area contributed by atoms with E-state index in [-0.39, 0.29) is 16.8 Å². The monoisotopic (exact) mass is 551 g/mol. The van der Waals surface area contributed by atoms with Crippen LogP contribution in [0.3, 0.4) is 0 Å². The maximum atomic E-state index is 13.0. The topological polar surface area (TPSA) is 156 Å². The Balaban J connectivity index is 1.55. The van der Waals surface area contributed by atoms with E-state index in [0.29, 0.717) is 3.97 Å². The summed E-state index contributed by atoms with van der Waals surface area (Å²) in [6, 6.07) is 24.3. The molecule has 1 heterocycles. The minimum absolute atomic E-state index is 0.0555. The molecule has 0 bridgehead atoms. The van der Waals surface area contributed by atoms with Crippen LogP contribution in [0.25, 0.3) is 0 Å². The van der Waals surface area contributed by atoms with E-state index >= 15 is 0 Å². The van der Waals surface area contributed by atoms with E-state index in [1.807, 2.05) is 60.7 Å². The number of carbonyl (C=O) groups is 1. The number of nitrogens with zero attached hydrogens (tertiary/aromatic N) is 2. The molecule has 0 radical (unpaired) electrons. The van der Waals surface area contributed by atoms with E-state index in [2.05, 4.69) is 16.2 Å². The Bertz CT molecular complexity index is 1550. The van der Waals surface area contributed by atoms with Crippen molar-refractivity contribution in [2.75, 3.05) is 5.43 Å². The molecule has 0 fully saturated rings. The standard InChI is InChI=1S/C25H21N5O6S2/c31-24(32)21-12-7-15-29(21)38(35,36)19-13-14-20(22(16-19)30(33)34)27-28-25(37)26-23(17-8-3-1-4-9-17)18-10-5-2-6-11-18/h1-16,23,27H,(H,31,32)(H2,26,28,37). The van der Waals surface area contributed by atoms with E-state index in [1.54, 1.807) is 0 Å². The molecule has 194 valence electrons. The number of hydrogen-bond donors (Lipinski definition) is 4. The van der Waals surface area contributed by atoms with Gasteiger partial charge >= 0.3 is 5.97 Å². The van der Waals surface area contributed by atoms with Crippen LogP contribution < -0.4 is 16.2 Å². The van der Waals surface area contributed by atoms with Gasteiger partial charge in [-0.25, -0.2) is 17.2 Å². The Kier molecular flexibility index (Phi) is 7.69. The van der Waals surface area contributed by atoms with Crippen LogP contribution >= 0.6 is 12.2 Å². The molecule has 0 aliphatic carbocycles. The van der Waals surface area contributed by atoms with E-state index in [9.17, 15) is 28.4 Å². The molecule has 0 saturated heterocycles. The second kappa shape index (κ2) is 11.1. The lowest BCUT2D eigenvalue weighted by Gasteiger charge is -2.22. The molecule has 0 amide bonds. The number of nitro benzene ring substituents is 1. The molecule has 38 heavy (non-hydrogen) atoms. The van der Waals surface area contributed by atoms with Crippen LogP contribution in [0.5, 0.6) is 0 Å². The van der Waals surface area contributed by atoms with Crippen LogP contribution in [0.1, 0.15) is 27.7 Å². The Hall–Kier alpha value is -4.75. The third kappa shape index (κ3) is 5.63. The lowest BCUT2D eigenvalue weighted by atomic mass is 9.99. The number of anilines is 1. The maximum Gasteiger partial charge on any atom is 0.353 e. The summed E-state index contributed by atoms with van der Waals surface area (Å²) in [6.07, 6.45) is 1.05. The first-order valence-corrected chi connectivity index (χ1v) is 12.9. The summed E-state index contributed by atoms with van der Waals surface area (Å²) in [6.45, 7) is 0. The lowest BCUT2D eigenvalue weighted by Crippen LogP contribution is -2.41. The number of hydrogen-bond acceptors (Lipinski definition) is 7. The number of aromatic nitrogens is 1. The molecule has 1 aromatic heterocycles. The zero-order valence-electron chi connectivity index (χ0n) is 19.5. The number of carboxylic acid groups (broad SMARTS) is 1. The van der Waals surface area contributed by atoms with Gasteiger partial charge in [0.25, 0.3) is 15.7 Å². The van der Waals surface area contributed by atoms with Crippen molar-refractivity contribution < 1.29 is 23.2 Å². The van der Waals surface area contributed by atoms with Crippen LogP contribution in [0.2, 0.25) is 0 Å². The van der Waals surface area contributed by atoms with Crippen molar-refractivity contribution in [3.05, 3.63) is 124 Å². The molecule has 11 nitrogen and oxygen atoms in total. The fourth-order valence-corrected chi connectivity index (χ4v) is 5.25. The van der Waals surface area contributed by atoms with Crippen molar-refractivity contribution in [1.29, 1.82) is 0 Å². The minimum atomic E-state index is -4.41. The van der Waals surface area contributed by atoms with Crippen LogP contribution in [-0.2, 0) is 10.0 Å². The second-order valence-corrected chi connectivity index (χ2v) is 10.1. The fraction of sp³-hybridized carbons (Fsp3) is 0.0400. The van der Waals surface area contributed by atoms with E-state index < -0.39 is 37.2 Å². The highest BCUT2D eigenvalue weighted by Gasteiger charge is 2.26. The van der Waals surface area contributed by atoms with Gasteiger partial charge < -0.3 is 10.4 Å². The molecule has 4 rings (SSSR count). The number of nitrogens with one attached hydrogen (secondary N) is 3. The van der Waals surface area contributed by atoms with Gasteiger partial charge in [0.05, 0.1) is 15.9 Å². The summed E-state index contributed by atoms with van der Waals surface area (Å²) >= 11 is 5.41. The van der Waals surface area contributed by atoms with Gasteiger partial charge in [-0.2, -0.15) is 0 Å². The summed E-state index contributed by atoms with van der Waals surface area (Å²) in [5.41, 5.74) is 6.12. The Morgan fingerprint density at radius 1 is 0.947 bits per heavy atom. The molecule has 0 atom stereocenters. The van der Waals surface area contributed by atoms with Gasteiger partial charge in [-0.15, -0.1) is 0 Å². The largest absolute Gasteiger partial charge is 0.477 e. The van der Waals surface area contributed by atoms with Crippen LogP contribution in [-0.4, -0.2) is 33.5 Å². The Morgan fingerprint density at radius 3 is 2.11 bits per heavy atom. The van der Waals surface area contributed by atoms with Crippen LogP contribution in [0.15, 0.2) is 102 Å². The average Bonchev–Trinajstić information content (AvgIpc) is 3.43. The lowest BCUT2D eigenvalue weighted by molar-refractivity contribution is -0.384. The average molecular weight is 552 g/mol. The molecule has 13 heteroatoms. The number of hydrazine groups is 1. The van der Waals surface area contributed by atoms with Gasteiger partial charge in [0.2, 0.25) is 0 Å². The van der Waals surface area contributed by atoms with Crippen LogP contribution in [0, 0.1) is 10.1 Å². The van der Waals surface area contributed by atoms with Gasteiger partial charge in [-0.05, 0) is 47.6 Å². The molecule has 0 aliphatic rings. The van der Waals surface area contributed by atoms with Gasteiger partial charge in [0.15, 0.2) is 5.11 Å². The van der Waals surface area contributed by atoms with Crippen molar-refractivity contribution in [2.24, 2.45) is 0 Å². The summed E-state index contributed by atoms with van der Waals surface area (Å²) in [5, 5.41) is 24.3. The molecule has 3 aromatic carbocycles. The Labute approximate surface area is 222 Å². The molecule has 0 saturated carbocycles. The van der Waals surface area contributed by atoms with Crippen molar-refractivity contribution in [2.45, 2.75) is 10.9 Å². The highest BCUT2D eigenvalue weighted by Crippen LogP contribution is 2.29. The zero-order chi connectivity index (χ0) is 27.3. The first-order chi connectivity index (χ1) is 18.2. The zero-order valence-corrected chi connectivity index (χ0v) is 21.1. The predicted octanol–water partition coefficient (Wildman–Crippen LogP) is 3.91. The van der Waals surface area contributed by atoms with Gasteiger partial charge in [0, 0.05) is 12.3 Å². The Morgan fingerprint density at radius 2 is 1.55 bits per heavy atom. The fourth-order valence-electron chi connectivity index (χ4n) is 3.72. The van der Waals surface area contributed by atoms with Crippen LogP contribution in [0.4, 0.5) is 11.4 Å². The number of thiocarbonyl (C=S) groups is 1. The third-order valence-corrected chi connectivity index (χ3v) is 7.41.